The van der Waals surface area contributed by atoms with Crippen molar-refractivity contribution in [2.75, 3.05) is 12.3 Å². The number of phenolic OH excluding ortho intramolecular Hbond substituents is 1. The maximum absolute atomic E-state index is 9.74. The summed E-state index contributed by atoms with van der Waals surface area (Å²) in [6.45, 7) is 7.04. The summed E-state index contributed by atoms with van der Waals surface area (Å²) in [6.07, 6.45) is 0.906. The van der Waals surface area contributed by atoms with Gasteiger partial charge in [-0.25, -0.2) is 0 Å². The second kappa shape index (κ2) is 7.35. The van der Waals surface area contributed by atoms with E-state index < -0.39 is 5.92 Å². The van der Waals surface area contributed by atoms with E-state index in [1.165, 1.54) is 6.07 Å². The molecule has 1 heterocycles. The van der Waals surface area contributed by atoms with Crippen LogP contribution in [0.1, 0.15) is 44.2 Å². The van der Waals surface area contributed by atoms with Crippen LogP contribution in [-0.4, -0.2) is 11.7 Å². The lowest BCUT2D eigenvalue weighted by atomic mass is 9.83. The van der Waals surface area contributed by atoms with Gasteiger partial charge in [0.05, 0.1) is 18.2 Å². The smallest absolute Gasteiger partial charge is 0.205 e. The highest BCUT2D eigenvalue weighted by Crippen LogP contribution is 2.44. The maximum Gasteiger partial charge on any atom is 0.205 e. The highest BCUT2D eigenvalue weighted by atomic mass is 16.5. The molecule has 0 saturated heterocycles. The number of allylic oxidation sites excluding steroid dienone is 1. The molecule has 1 atom stereocenters. The zero-order chi connectivity index (χ0) is 20.5. The number of ether oxygens (including phenoxy) is 2. The molecular weight excluding hydrogens is 354 g/mol. The molecule has 0 fully saturated rings. The van der Waals surface area contributed by atoms with Crippen molar-refractivity contribution < 1.29 is 14.6 Å². The third-order valence-corrected chi connectivity index (χ3v) is 4.68. The van der Waals surface area contributed by atoms with Crippen LogP contribution >= 0.6 is 0 Å². The van der Waals surface area contributed by atoms with E-state index in [9.17, 15) is 10.4 Å². The van der Waals surface area contributed by atoms with Crippen molar-refractivity contribution in [2.45, 2.75) is 33.1 Å². The van der Waals surface area contributed by atoms with Crippen molar-refractivity contribution in [3.8, 4) is 23.3 Å². The highest BCUT2D eigenvalue weighted by molar-refractivity contribution is 5.61. The molecule has 0 amide bonds. The van der Waals surface area contributed by atoms with Crippen molar-refractivity contribution in [3.05, 3.63) is 59.0 Å². The highest BCUT2D eigenvalue weighted by Gasteiger charge is 2.31. The molecule has 6 nitrogen and oxygen atoms in total. The van der Waals surface area contributed by atoms with Crippen LogP contribution in [0.15, 0.2) is 47.9 Å². The monoisotopic (exact) mass is 379 g/mol. The Balaban J connectivity index is 1.94. The number of nitriles is 1. The van der Waals surface area contributed by atoms with Crippen molar-refractivity contribution in [3.63, 3.8) is 0 Å². The van der Waals surface area contributed by atoms with Gasteiger partial charge in [0.25, 0.3) is 0 Å². The normalized spacial score (nSPS) is 16.1. The van der Waals surface area contributed by atoms with Gasteiger partial charge in [-0.15, -0.1) is 0 Å². The second-order valence-corrected chi connectivity index (χ2v) is 8.10. The predicted octanol–water partition coefficient (Wildman–Crippen LogP) is 4.01. The first-order chi connectivity index (χ1) is 13.2. The Kier molecular flexibility index (Phi) is 5.10. The summed E-state index contributed by atoms with van der Waals surface area (Å²) in [5.41, 5.74) is 14.7. The summed E-state index contributed by atoms with van der Waals surface area (Å²) in [6, 6.07) is 12.4. The molecule has 0 bridgehead atoms. The molecule has 0 aromatic heterocycles. The van der Waals surface area contributed by atoms with Gasteiger partial charge in [-0.1, -0.05) is 32.9 Å². The van der Waals surface area contributed by atoms with Crippen LogP contribution in [0.4, 0.5) is 5.69 Å². The average Bonchev–Trinajstić information content (AvgIpc) is 2.60. The number of rotatable bonds is 4. The maximum atomic E-state index is 9.74. The van der Waals surface area contributed by atoms with E-state index in [1.54, 1.807) is 18.2 Å². The van der Waals surface area contributed by atoms with Gasteiger partial charge in [-0.2, -0.15) is 5.26 Å². The summed E-state index contributed by atoms with van der Waals surface area (Å²) in [4.78, 5) is 0. The van der Waals surface area contributed by atoms with Gasteiger partial charge in [0.15, 0.2) is 0 Å². The Morgan fingerprint density at radius 1 is 1.18 bits per heavy atom. The standard InChI is InChI=1S/C22H25N3O3/c1-22(2,3)8-9-27-18-7-4-13(10-17(18)24)20-15-6-5-14(26)11-19(15)28-21(25)16(20)12-23/h4-7,10-11,20,26H,8-9,24-25H2,1-3H3. The number of nitrogens with zero attached hydrogens (tertiary/aromatic N) is 1. The summed E-state index contributed by atoms with van der Waals surface area (Å²) in [7, 11) is 0. The molecular formula is C22H25N3O3. The molecule has 0 radical (unpaired) electrons. The molecule has 1 unspecified atom stereocenters. The van der Waals surface area contributed by atoms with Crippen LogP contribution in [0.25, 0.3) is 0 Å². The van der Waals surface area contributed by atoms with Crippen molar-refractivity contribution in [1.29, 1.82) is 5.26 Å². The van der Waals surface area contributed by atoms with Crippen LogP contribution < -0.4 is 20.9 Å². The lowest BCUT2D eigenvalue weighted by Crippen LogP contribution is -2.21. The topological polar surface area (TPSA) is 115 Å². The molecule has 2 aromatic rings. The lowest BCUT2D eigenvalue weighted by molar-refractivity contribution is 0.244. The first-order valence-electron chi connectivity index (χ1n) is 9.12. The van der Waals surface area contributed by atoms with E-state index in [4.69, 9.17) is 20.9 Å². The van der Waals surface area contributed by atoms with Crippen molar-refractivity contribution >= 4 is 5.69 Å². The summed E-state index contributed by atoms with van der Waals surface area (Å²) >= 11 is 0. The van der Waals surface area contributed by atoms with Gasteiger partial charge in [-0.05, 0) is 35.6 Å². The number of nitrogens with two attached hydrogens (primary N) is 2. The molecule has 0 aliphatic carbocycles. The third kappa shape index (κ3) is 3.99. The molecule has 146 valence electrons. The zero-order valence-electron chi connectivity index (χ0n) is 16.3. The molecule has 6 heteroatoms. The van der Waals surface area contributed by atoms with Crippen molar-refractivity contribution in [2.24, 2.45) is 11.1 Å². The Hall–Kier alpha value is -3.33. The first kappa shape index (κ1) is 19.4. The average molecular weight is 379 g/mol. The number of aromatic hydroxyl groups is 1. The van der Waals surface area contributed by atoms with Crippen LogP contribution in [0.2, 0.25) is 0 Å². The SMILES string of the molecule is CC(C)(C)CCOc1ccc(C2C(C#N)=C(N)Oc3cc(O)ccc32)cc1N. The number of fused-ring (bicyclic) bond motifs is 1. The molecule has 0 saturated carbocycles. The number of hydrogen-bond acceptors (Lipinski definition) is 6. The summed E-state index contributed by atoms with van der Waals surface area (Å²) < 4.78 is 11.4. The van der Waals surface area contributed by atoms with Gasteiger partial charge < -0.3 is 26.0 Å². The third-order valence-electron chi connectivity index (χ3n) is 4.68. The number of hydrogen-bond donors (Lipinski definition) is 3. The molecule has 28 heavy (non-hydrogen) atoms. The lowest BCUT2D eigenvalue weighted by Gasteiger charge is -2.27. The summed E-state index contributed by atoms with van der Waals surface area (Å²) in [5, 5.41) is 19.4. The number of phenols is 1. The fourth-order valence-corrected chi connectivity index (χ4v) is 3.13. The Bertz CT molecular complexity index is 968. The van der Waals surface area contributed by atoms with E-state index >= 15 is 0 Å². The van der Waals surface area contributed by atoms with E-state index in [-0.39, 0.29) is 17.0 Å². The first-order valence-corrected chi connectivity index (χ1v) is 9.12. The Morgan fingerprint density at radius 2 is 1.93 bits per heavy atom. The van der Waals surface area contributed by atoms with Crippen molar-refractivity contribution in [1.82, 2.24) is 0 Å². The predicted molar refractivity (Wildman–Crippen MR) is 108 cm³/mol. The van der Waals surface area contributed by atoms with Crippen LogP contribution in [0.3, 0.4) is 0 Å². The van der Waals surface area contributed by atoms with Crippen LogP contribution in [0, 0.1) is 16.7 Å². The van der Waals surface area contributed by atoms with Gasteiger partial charge in [0, 0.05) is 11.6 Å². The minimum absolute atomic E-state index is 0.0228. The quantitative estimate of drug-likeness (QED) is 0.692. The fourth-order valence-electron chi connectivity index (χ4n) is 3.13. The minimum Gasteiger partial charge on any atom is -0.508 e. The number of benzene rings is 2. The molecule has 0 spiro atoms. The number of anilines is 1. The largest absolute Gasteiger partial charge is 0.508 e. The van der Waals surface area contributed by atoms with Crippen LogP contribution in [0.5, 0.6) is 17.2 Å². The van der Waals surface area contributed by atoms with Gasteiger partial charge in [-0.3, -0.25) is 0 Å². The summed E-state index contributed by atoms with van der Waals surface area (Å²) in [5.74, 6) is 0.690. The van der Waals surface area contributed by atoms with Crippen LogP contribution in [-0.2, 0) is 0 Å². The Morgan fingerprint density at radius 3 is 2.57 bits per heavy atom. The molecule has 1 aliphatic rings. The molecule has 5 N–H and O–H groups in total. The van der Waals surface area contributed by atoms with Gasteiger partial charge in [0.1, 0.15) is 28.9 Å². The second-order valence-electron chi connectivity index (χ2n) is 8.10. The van der Waals surface area contributed by atoms with E-state index in [2.05, 4.69) is 26.8 Å². The van der Waals surface area contributed by atoms with Gasteiger partial charge in [0.2, 0.25) is 5.88 Å². The fraction of sp³-hybridized carbons (Fsp3) is 0.318. The molecule has 1 aliphatic heterocycles. The molecule has 2 aromatic carbocycles. The van der Waals surface area contributed by atoms with Gasteiger partial charge >= 0.3 is 0 Å². The number of nitrogen functional groups attached to an aromatic ring is 1. The minimum atomic E-state index is -0.430. The Labute approximate surface area is 165 Å². The molecule has 3 rings (SSSR count). The van der Waals surface area contributed by atoms with E-state index in [0.717, 1.165) is 17.5 Å². The van der Waals surface area contributed by atoms with E-state index in [0.29, 0.717) is 29.4 Å². The van der Waals surface area contributed by atoms with E-state index in [1.807, 2.05) is 12.1 Å². The zero-order valence-corrected chi connectivity index (χ0v) is 16.3.